The standard InChI is InChI=1S/C30H34N4O2/c1-19-16-20(2)32-29-28(19)24(18-31)26(12-13-27(35)33-22-14-15-36-30(3,4)17-22)34(29)25-11-7-9-21-8-5-6-10-23(21)25/h5-6,8,10,12-13,16,22,25H,7,9,11,14-15,17H2,1-4H3,(H,33,35)/t22-,25-/m0/s1. The third-order valence-corrected chi connectivity index (χ3v) is 7.52. The predicted octanol–water partition coefficient (Wildman–Crippen LogP) is 5.54. The first kappa shape index (κ1) is 24.3. The van der Waals surface area contributed by atoms with Crippen LogP contribution in [0.4, 0.5) is 0 Å². The van der Waals surface area contributed by atoms with E-state index in [1.165, 1.54) is 11.1 Å². The van der Waals surface area contributed by atoms with Crippen molar-refractivity contribution in [1.29, 1.82) is 5.26 Å². The predicted molar refractivity (Wildman–Crippen MR) is 142 cm³/mol. The van der Waals surface area contributed by atoms with E-state index in [4.69, 9.17) is 9.72 Å². The van der Waals surface area contributed by atoms with Gasteiger partial charge in [-0.2, -0.15) is 5.26 Å². The molecule has 6 nitrogen and oxygen atoms in total. The number of ether oxygens (including phenoxy) is 1. The zero-order valence-corrected chi connectivity index (χ0v) is 21.6. The van der Waals surface area contributed by atoms with Crippen LogP contribution in [0.5, 0.6) is 0 Å². The molecule has 0 radical (unpaired) electrons. The van der Waals surface area contributed by atoms with E-state index in [1.54, 1.807) is 6.08 Å². The van der Waals surface area contributed by atoms with Crippen LogP contribution in [0.2, 0.25) is 0 Å². The lowest BCUT2D eigenvalue weighted by Crippen LogP contribution is -2.45. The summed E-state index contributed by atoms with van der Waals surface area (Å²) in [4.78, 5) is 17.9. The van der Waals surface area contributed by atoms with Crippen LogP contribution in [0.1, 0.15) is 79.2 Å². The zero-order valence-electron chi connectivity index (χ0n) is 21.6. The Hall–Kier alpha value is -3.43. The van der Waals surface area contributed by atoms with Crippen molar-refractivity contribution in [3.8, 4) is 6.07 Å². The summed E-state index contributed by atoms with van der Waals surface area (Å²) in [6, 6.07) is 13.1. The maximum atomic E-state index is 13.0. The molecular formula is C30H34N4O2. The van der Waals surface area contributed by atoms with Gasteiger partial charge in [0.25, 0.3) is 0 Å². The van der Waals surface area contributed by atoms with Crippen molar-refractivity contribution in [1.82, 2.24) is 14.9 Å². The topological polar surface area (TPSA) is 79.9 Å². The van der Waals surface area contributed by atoms with E-state index >= 15 is 0 Å². The quantitative estimate of drug-likeness (QED) is 0.495. The van der Waals surface area contributed by atoms with Gasteiger partial charge < -0.3 is 14.6 Å². The summed E-state index contributed by atoms with van der Waals surface area (Å²) in [7, 11) is 0. The number of carbonyl (C=O) groups is 1. The fourth-order valence-electron chi connectivity index (χ4n) is 6.01. The van der Waals surface area contributed by atoms with Crippen molar-refractivity contribution in [3.05, 3.63) is 70.0 Å². The van der Waals surface area contributed by atoms with E-state index < -0.39 is 0 Å². The maximum absolute atomic E-state index is 13.0. The minimum absolute atomic E-state index is 0.0623. The van der Waals surface area contributed by atoms with Gasteiger partial charge in [-0.05, 0) is 88.6 Å². The molecule has 36 heavy (non-hydrogen) atoms. The molecule has 1 aromatic carbocycles. The average Bonchev–Trinajstić information content (AvgIpc) is 3.15. The Morgan fingerprint density at radius 3 is 2.86 bits per heavy atom. The minimum atomic E-state index is -0.240. The molecule has 1 amide bonds. The van der Waals surface area contributed by atoms with Gasteiger partial charge in [-0.1, -0.05) is 24.3 Å². The first-order valence-corrected chi connectivity index (χ1v) is 12.9. The minimum Gasteiger partial charge on any atom is -0.375 e. The number of aromatic nitrogens is 2. The first-order chi connectivity index (χ1) is 17.3. The molecule has 2 aliphatic rings. The number of hydrogen-bond donors (Lipinski definition) is 1. The van der Waals surface area contributed by atoms with Gasteiger partial charge in [0, 0.05) is 29.8 Å². The van der Waals surface area contributed by atoms with Crippen molar-refractivity contribution in [3.63, 3.8) is 0 Å². The Morgan fingerprint density at radius 1 is 1.28 bits per heavy atom. The smallest absolute Gasteiger partial charge is 0.244 e. The van der Waals surface area contributed by atoms with Crippen LogP contribution in [0, 0.1) is 25.2 Å². The molecule has 1 aliphatic heterocycles. The second kappa shape index (κ2) is 9.55. The highest BCUT2D eigenvalue weighted by atomic mass is 16.5. The number of amides is 1. The number of pyridine rings is 1. The van der Waals surface area contributed by atoms with Gasteiger partial charge in [0.05, 0.1) is 22.9 Å². The number of rotatable bonds is 4. The van der Waals surface area contributed by atoms with Gasteiger partial charge in [-0.15, -0.1) is 0 Å². The van der Waals surface area contributed by atoms with Crippen molar-refractivity contribution in [2.75, 3.05) is 6.61 Å². The van der Waals surface area contributed by atoms with Crippen LogP contribution < -0.4 is 5.32 Å². The monoisotopic (exact) mass is 482 g/mol. The number of carbonyl (C=O) groups excluding carboxylic acids is 1. The van der Waals surface area contributed by atoms with E-state index in [0.717, 1.165) is 60.1 Å². The molecule has 2 aromatic heterocycles. The normalized spacial score (nSPS) is 21.3. The number of nitrogens with one attached hydrogen (secondary N) is 1. The average molecular weight is 483 g/mol. The molecule has 0 bridgehead atoms. The van der Waals surface area contributed by atoms with Crippen LogP contribution >= 0.6 is 0 Å². The summed E-state index contributed by atoms with van der Waals surface area (Å²) < 4.78 is 7.99. The Morgan fingerprint density at radius 2 is 2.08 bits per heavy atom. The summed E-state index contributed by atoms with van der Waals surface area (Å²) in [5.74, 6) is -0.150. The van der Waals surface area contributed by atoms with Crippen molar-refractivity contribution >= 4 is 23.0 Å². The number of nitriles is 1. The molecule has 2 atom stereocenters. The lowest BCUT2D eigenvalue weighted by atomic mass is 9.87. The lowest BCUT2D eigenvalue weighted by molar-refractivity contribution is -0.119. The van der Waals surface area contributed by atoms with Crippen molar-refractivity contribution < 1.29 is 9.53 Å². The number of fused-ring (bicyclic) bond motifs is 2. The summed E-state index contributed by atoms with van der Waals surface area (Å²) in [6.07, 6.45) is 8.04. The van der Waals surface area contributed by atoms with Crippen LogP contribution in [-0.2, 0) is 16.0 Å². The molecule has 5 rings (SSSR count). The van der Waals surface area contributed by atoms with Gasteiger partial charge in [0.15, 0.2) is 0 Å². The summed E-state index contributed by atoms with van der Waals surface area (Å²) in [5, 5.41) is 14.3. The maximum Gasteiger partial charge on any atom is 0.244 e. The number of benzene rings is 1. The Bertz CT molecular complexity index is 1390. The van der Waals surface area contributed by atoms with Gasteiger partial charge in [-0.25, -0.2) is 4.98 Å². The third kappa shape index (κ3) is 4.56. The fraction of sp³-hybridized carbons (Fsp3) is 0.433. The summed E-state index contributed by atoms with van der Waals surface area (Å²) in [5.41, 5.74) is 6.46. The van der Waals surface area contributed by atoms with E-state index in [1.807, 2.05) is 26.0 Å². The van der Waals surface area contributed by atoms with Gasteiger partial charge in [-0.3, -0.25) is 4.79 Å². The highest BCUT2D eigenvalue weighted by molar-refractivity contribution is 5.96. The molecule has 0 spiro atoms. The van der Waals surface area contributed by atoms with Crippen LogP contribution in [0.25, 0.3) is 17.1 Å². The van der Waals surface area contributed by atoms with Crippen molar-refractivity contribution in [2.24, 2.45) is 0 Å². The lowest BCUT2D eigenvalue weighted by Gasteiger charge is -2.35. The van der Waals surface area contributed by atoms with Gasteiger partial charge >= 0.3 is 0 Å². The molecule has 1 saturated heterocycles. The van der Waals surface area contributed by atoms with Gasteiger partial charge in [0.2, 0.25) is 5.91 Å². The van der Waals surface area contributed by atoms with E-state index in [-0.39, 0.29) is 23.6 Å². The number of aryl methyl sites for hydroxylation is 3. The van der Waals surface area contributed by atoms with Crippen molar-refractivity contribution in [2.45, 2.75) is 77.5 Å². The molecule has 1 fully saturated rings. The van der Waals surface area contributed by atoms with E-state index in [2.05, 4.69) is 54.1 Å². The Balaban J connectivity index is 1.59. The molecule has 1 aliphatic carbocycles. The Kier molecular flexibility index (Phi) is 6.44. The molecule has 186 valence electrons. The zero-order chi connectivity index (χ0) is 25.4. The highest BCUT2D eigenvalue weighted by Crippen LogP contribution is 2.39. The van der Waals surface area contributed by atoms with Crippen LogP contribution in [0.15, 0.2) is 36.4 Å². The molecule has 3 aromatic rings. The largest absolute Gasteiger partial charge is 0.375 e. The second-order valence-corrected chi connectivity index (χ2v) is 10.8. The third-order valence-electron chi connectivity index (χ3n) is 7.52. The molecule has 6 heteroatoms. The number of nitrogens with zero attached hydrogens (tertiary/aromatic N) is 3. The first-order valence-electron chi connectivity index (χ1n) is 12.9. The van der Waals surface area contributed by atoms with E-state index in [0.29, 0.717) is 12.2 Å². The SMILES string of the molecule is Cc1cc(C)c2c(C#N)c(C=CC(=O)N[C@H]3CCOC(C)(C)C3)n([C@H]3CCCc4ccccc43)c2n1. The molecule has 0 unspecified atom stereocenters. The Labute approximate surface area is 213 Å². The molecule has 3 heterocycles. The van der Waals surface area contributed by atoms with Gasteiger partial charge in [0.1, 0.15) is 11.7 Å². The molecule has 1 N–H and O–H groups in total. The summed E-state index contributed by atoms with van der Waals surface area (Å²) in [6.45, 7) is 8.77. The summed E-state index contributed by atoms with van der Waals surface area (Å²) >= 11 is 0. The molecule has 0 saturated carbocycles. The molecular weight excluding hydrogens is 448 g/mol. The fourth-order valence-corrected chi connectivity index (χ4v) is 6.01. The van der Waals surface area contributed by atoms with Crippen LogP contribution in [0.3, 0.4) is 0 Å². The highest BCUT2D eigenvalue weighted by Gasteiger charge is 2.30. The van der Waals surface area contributed by atoms with Crippen LogP contribution in [-0.4, -0.2) is 33.7 Å². The van der Waals surface area contributed by atoms with E-state index in [9.17, 15) is 10.1 Å². The number of hydrogen-bond acceptors (Lipinski definition) is 4. The second-order valence-electron chi connectivity index (χ2n) is 10.8.